The van der Waals surface area contributed by atoms with Crippen molar-refractivity contribution in [3.8, 4) is 17.0 Å². The zero-order valence-electron chi connectivity index (χ0n) is 17.4. The molecule has 0 radical (unpaired) electrons. The summed E-state index contributed by atoms with van der Waals surface area (Å²) in [5.41, 5.74) is 3.23. The summed E-state index contributed by atoms with van der Waals surface area (Å²) in [7, 11) is 5.78. The van der Waals surface area contributed by atoms with Crippen LogP contribution in [-0.2, 0) is 6.42 Å². The summed E-state index contributed by atoms with van der Waals surface area (Å²) in [5.74, 6) is 2.33. The van der Waals surface area contributed by atoms with E-state index in [4.69, 9.17) is 9.72 Å². The normalized spacial score (nSPS) is 10.8. The van der Waals surface area contributed by atoms with Gasteiger partial charge >= 0.3 is 0 Å². The van der Waals surface area contributed by atoms with Crippen LogP contribution in [0, 0.1) is 0 Å². The Bertz CT molecular complexity index is 882. The highest BCUT2D eigenvalue weighted by atomic mass is 16.5. The van der Waals surface area contributed by atoms with E-state index in [1.807, 2.05) is 36.4 Å². The van der Waals surface area contributed by atoms with Crippen LogP contribution in [0.5, 0.6) is 5.75 Å². The van der Waals surface area contributed by atoms with E-state index in [0.29, 0.717) is 5.95 Å². The van der Waals surface area contributed by atoms with Crippen molar-refractivity contribution >= 4 is 11.8 Å². The van der Waals surface area contributed by atoms with Crippen molar-refractivity contribution in [2.75, 3.05) is 51.5 Å². The summed E-state index contributed by atoms with van der Waals surface area (Å²) in [6.45, 7) is 2.49. The quantitative estimate of drug-likeness (QED) is 0.548. The maximum atomic E-state index is 5.22. The summed E-state index contributed by atoms with van der Waals surface area (Å²) in [6.07, 6.45) is 0.901. The lowest BCUT2D eigenvalue weighted by atomic mass is 10.1. The van der Waals surface area contributed by atoms with Crippen molar-refractivity contribution in [1.82, 2.24) is 14.9 Å². The van der Waals surface area contributed by atoms with Crippen molar-refractivity contribution in [1.29, 1.82) is 0 Å². The Hall–Kier alpha value is -3.12. The number of likely N-dealkylation sites (N-methyl/N-ethyl adjacent to an activating group) is 1. The molecule has 0 bridgehead atoms. The van der Waals surface area contributed by atoms with Gasteiger partial charge in [0.25, 0.3) is 0 Å². The number of hydrogen-bond donors (Lipinski definition) is 2. The van der Waals surface area contributed by atoms with Gasteiger partial charge in [0.1, 0.15) is 11.6 Å². The third-order valence-corrected chi connectivity index (χ3v) is 4.52. The minimum Gasteiger partial charge on any atom is -0.497 e. The fourth-order valence-electron chi connectivity index (χ4n) is 2.89. The van der Waals surface area contributed by atoms with Gasteiger partial charge in [-0.1, -0.05) is 42.5 Å². The molecule has 0 aliphatic heterocycles. The lowest BCUT2D eigenvalue weighted by Gasteiger charge is -2.13. The number of nitrogens with zero attached hydrogens (tertiary/aromatic N) is 3. The van der Waals surface area contributed by atoms with E-state index in [0.717, 1.165) is 48.9 Å². The van der Waals surface area contributed by atoms with Crippen LogP contribution in [-0.4, -0.2) is 55.7 Å². The largest absolute Gasteiger partial charge is 0.497 e. The first-order valence-corrected chi connectivity index (χ1v) is 9.84. The molecule has 3 rings (SSSR count). The van der Waals surface area contributed by atoms with E-state index in [-0.39, 0.29) is 0 Å². The average Bonchev–Trinajstić information content (AvgIpc) is 2.74. The molecule has 0 unspecified atom stereocenters. The highest BCUT2D eigenvalue weighted by Gasteiger charge is 2.07. The van der Waals surface area contributed by atoms with Crippen LogP contribution in [0.2, 0.25) is 0 Å². The van der Waals surface area contributed by atoms with Crippen molar-refractivity contribution < 1.29 is 4.74 Å². The fourth-order valence-corrected chi connectivity index (χ4v) is 2.89. The Labute approximate surface area is 173 Å². The van der Waals surface area contributed by atoms with Gasteiger partial charge < -0.3 is 20.3 Å². The molecule has 152 valence electrons. The molecule has 0 saturated carbocycles. The molecule has 0 atom stereocenters. The predicted molar refractivity (Wildman–Crippen MR) is 120 cm³/mol. The van der Waals surface area contributed by atoms with Crippen LogP contribution >= 0.6 is 0 Å². The smallest absolute Gasteiger partial charge is 0.225 e. The molecule has 0 amide bonds. The molecule has 1 heterocycles. The first-order valence-electron chi connectivity index (χ1n) is 9.84. The van der Waals surface area contributed by atoms with Gasteiger partial charge in [-0.2, -0.15) is 4.98 Å². The van der Waals surface area contributed by atoms with Gasteiger partial charge in [-0.3, -0.25) is 0 Å². The van der Waals surface area contributed by atoms with Crippen molar-refractivity contribution in [2.24, 2.45) is 0 Å². The molecule has 6 nitrogen and oxygen atoms in total. The van der Waals surface area contributed by atoms with E-state index in [2.05, 4.69) is 58.9 Å². The van der Waals surface area contributed by atoms with Gasteiger partial charge in [-0.25, -0.2) is 4.98 Å². The highest BCUT2D eigenvalue weighted by molar-refractivity contribution is 5.64. The van der Waals surface area contributed by atoms with Gasteiger partial charge in [0.05, 0.1) is 12.8 Å². The number of rotatable bonds is 10. The summed E-state index contributed by atoms with van der Waals surface area (Å²) in [4.78, 5) is 11.5. The van der Waals surface area contributed by atoms with E-state index in [1.165, 1.54) is 5.56 Å². The van der Waals surface area contributed by atoms with Crippen molar-refractivity contribution in [3.05, 3.63) is 66.2 Å². The molecule has 0 aliphatic carbocycles. The van der Waals surface area contributed by atoms with Crippen LogP contribution in [0.15, 0.2) is 60.7 Å². The van der Waals surface area contributed by atoms with Crippen molar-refractivity contribution in [3.63, 3.8) is 0 Å². The number of hydrogen-bond acceptors (Lipinski definition) is 6. The topological polar surface area (TPSA) is 62.3 Å². The van der Waals surface area contributed by atoms with Gasteiger partial charge in [0, 0.05) is 31.3 Å². The number of ether oxygens (including phenoxy) is 1. The lowest BCUT2D eigenvalue weighted by molar-refractivity contribution is 0.414. The molecular formula is C23H29N5O. The SMILES string of the molecule is COc1ccc(CCNc2cc(-c3ccccc3)nc(NCCN(C)C)n2)cc1. The molecule has 0 aliphatic rings. The molecule has 0 saturated heterocycles. The molecule has 0 fully saturated rings. The maximum Gasteiger partial charge on any atom is 0.225 e. The number of benzene rings is 2. The minimum atomic E-state index is 0.639. The molecule has 2 N–H and O–H groups in total. The first-order chi connectivity index (χ1) is 14.1. The summed E-state index contributed by atoms with van der Waals surface area (Å²) in [5, 5.41) is 6.77. The molecule has 2 aromatic carbocycles. The zero-order valence-corrected chi connectivity index (χ0v) is 17.4. The molecule has 3 aromatic rings. The lowest BCUT2D eigenvalue weighted by Crippen LogP contribution is -2.21. The molecule has 0 spiro atoms. The summed E-state index contributed by atoms with van der Waals surface area (Å²) >= 11 is 0. The van der Waals surface area contributed by atoms with Crippen LogP contribution in [0.4, 0.5) is 11.8 Å². The van der Waals surface area contributed by atoms with E-state index < -0.39 is 0 Å². The third-order valence-electron chi connectivity index (χ3n) is 4.52. The second-order valence-electron chi connectivity index (χ2n) is 7.08. The maximum absolute atomic E-state index is 5.22. The van der Waals surface area contributed by atoms with Gasteiger partial charge in [-0.05, 0) is 38.2 Å². The summed E-state index contributed by atoms with van der Waals surface area (Å²) in [6, 6.07) is 20.3. The van der Waals surface area contributed by atoms with E-state index >= 15 is 0 Å². The predicted octanol–water partition coefficient (Wildman–Crippen LogP) is 3.78. The third kappa shape index (κ3) is 6.47. The van der Waals surface area contributed by atoms with E-state index in [1.54, 1.807) is 7.11 Å². The second-order valence-corrected chi connectivity index (χ2v) is 7.08. The highest BCUT2D eigenvalue weighted by Crippen LogP contribution is 2.21. The Morgan fingerprint density at radius 3 is 2.34 bits per heavy atom. The van der Waals surface area contributed by atoms with Gasteiger partial charge in [0.2, 0.25) is 5.95 Å². The Morgan fingerprint density at radius 1 is 0.897 bits per heavy atom. The van der Waals surface area contributed by atoms with Crippen LogP contribution in [0.1, 0.15) is 5.56 Å². The number of aromatic nitrogens is 2. The number of nitrogens with one attached hydrogen (secondary N) is 2. The van der Waals surface area contributed by atoms with Gasteiger partial charge in [0.15, 0.2) is 0 Å². The van der Waals surface area contributed by atoms with Crippen molar-refractivity contribution in [2.45, 2.75) is 6.42 Å². The molecule has 6 heteroatoms. The van der Waals surface area contributed by atoms with Crippen LogP contribution in [0.3, 0.4) is 0 Å². The standard InChI is InChI=1S/C23H29N5O/c1-28(2)16-15-25-23-26-21(19-7-5-4-6-8-19)17-22(27-23)24-14-13-18-9-11-20(29-3)12-10-18/h4-12,17H,13-16H2,1-3H3,(H2,24,25,26,27). The first kappa shape index (κ1) is 20.6. The van der Waals surface area contributed by atoms with Gasteiger partial charge in [-0.15, -0.1) is 0 Å². The Kier molecular flexibility index (Phi) is 7.41. The Balaban J connectivity index is 1.69. The average molecular weight is 392 g/mol. The number of methoxy groups -OCH3 is 1. The van der Waals surface area contributed by atoms with Crippen LogP contribution < -0.4 is 15.4 Å². The van der Waals surface area contributed by atoms with E-state index in [9.17, 15) is 0 Å². The molecule has 29 heavy (non-hydrogen) atoms. The second kappa shape index (κ2) is 10.4. The monoisotopic (exact) mass is 391 g/mol. The Morgan fingerprint density at radius 2 is 1.66 bits per heavy atom. The minimum absolute atomic E-state index is 0.639. The summed E-state index contributed by atoms with van der Waals surface area (Å²) < 4.78 is 5.22. The molecule has 1 aromatic heterocycles. The fraction of sp³-hybridized carbons (Fsp3) is 0.304. The number of anilines is 2. The molecular weight excluding hydrogens is 362 g/mol. The van der Waals surface area contributed by atoms with Crippen LogP contribution in [0.25, 0.3) is 11.3 Å². The zero-order chi connectivity index (χ0) is 20.5.